The predicted molar refractivity (Wildman–Crippen MR) is 69.3 cm³/mol. The molecule has 1 saturated carbocycles. The molecule has 2 aliphatic rings. The van der Waals surface area contributed by atoms with Gasteiger partial charge in [0.05, 0.1) is 0 Å². The molecule has 0 aromatic rings. The summed E-state index contributed by atoms with van der Waals surface area (Å²) in [5.41, 5.74) is 6.15. The quantitative estimate of drug-likeness (QED) is 0.741. The van der Waals surface area contributed by atoms with Crippen molar-refractivity contribution in [2.45, 2.75) is 58.5 Å². The molecule has 0 amide bonds. The minimum atomic E-state index is 0.413. The van der Waals surface area contributed by atoms with Crippen LogP contribution in [0.5, 0.6) is 0 Å². The molecule has 2 nitrogen and oxygen atoms in total. The number of nitrogens with zero attached hydrogens (tertiary/aromatic N) is 1. The molecule has 1 heterocycles. The van der Waals surface area contributed by atoms with Gasteiger partial charge in [0.15, 0.2) is 0 Å². The van der Waals surface area contributed by atoms with Gasteiger partial charge in [-0.25, -0.2) is 0 Å². The van der Waals surface area contributed by atoms with Crippen LogP contribution in [0.4, 0.5) is 0 Å². The van der Waals surface area contributed by atoms with Crippen molar-refractivity contribution in [3.63, 3.8) is 0 Å². The summed E-state index contributed by atoms with van der Waals surface area (Å²) in [4.78, 5) is 2.69. The van der Waals surface area contributed by atoms with Crippen molar-refractivity contribution in [1.82, 2.24) is 4.90 Å². The summed E-state index contributed by atoms with van der Waals surface area (Å²) in [6.07, 6.45) is 5.42. The molecule has 4 atom stereocenters. The lowest BCUT2D eigenvalue weighted by atomic mass is 9.79. The Morgan fingerprint density at radius 3 is 2.00 bits per heavy atom. The first-order valence-electron chi connectivity index (χ1n) is 7.04. The molecule has 0 aromatic heterocycles. The van der Waals surface area contributed by atoms with Crippen LogP contribution in [0, 0.1) is 17.8 Å². The van der Waals surface area contributed by atoms with E-state index >= 15 is 0 Å². The Balaban J connectivity index is 1.95. The Morgan fingerprint density at radius 2 is 1.44 bits per heavy atom. The van der Waals surface area contributed by atoms with Crippen molar-refractivity contribution in [3.05, 3.63) is 0 Å². The van der Waals surface area contributed by atoms with Gasteiger partial charge in [-0.1, -0.05) is 20.8 Å². The average Bonchev–Trinajstić information content (AvgIpc) is 2.14. The van der Waals surface area contributed by atoms with Crippen LogP contribution in [0.2, 0.25) is 0 Å². The van der Waals surface area contributed by atoms with Crippen LogP contribution in [0.25, 0.3) is 0 Å². The molecule has 16 heavy (non-hydrogen) atoms. The third kappa shape index (κ3) is 2.98. The molecule has 0 bridgehead atoms. The van der Waals surface area contributed by atoms with Gasteiger partial charge in [0.2, 0.25) is 0 Å². The number of rotatable bonds is 1. The number of piperidine rings is 1. The Morgan fingerprint density at radius 1 is 0.812 bits per heavy atom. The second kappa shape index (κ2) is 5.05. The van der Waals surface area contributed by atoms with Crippen LogP contribution in [0.1, 0.15) is 46.5 Å². The zero-order chi connectivity index (χ0) is 11.7. The number of likely N-dealkylation sites (tertiary alicyclic amines) is 1. The van der Waals surface area contributed by atoms with Crippen LogP contribution in [-0.4, -0.2) is 30.1 Å². The fourth-order valence-corrected chi connectivity index (χ4v) is 3.94. The Labute approximate surface area is 101 Å². The van der Waals surface area contributed by atoms with Crippen LogP contribution in [0.3, 0.4) is 0 Å². The Kier molecular flexibility index (Phi) is 3.91. The molecule has 1 aliphatic heterocycles. The Bertz CT molecular complexity index is 185. The van der Waals surface area contributed by atoms with E-state index in [2.05, 4.69) is 25.7 Å². The Hall–Kier alpha value is -0.0800. The van der Waals surface area contributed by atoms with Gasteiger partial charge in [0.25, 0.3) is 0 Å². The fourth-order valence-electron chi connectivity index (χ4n) is 3.94. The van der Waals surface area contributed by atoms with Gasteiger partial charge in [-0.3, -0.25) is 4.90 Å². The number of hydrogen-bond donors (Lipinski definition) is 1. The first-order valence-corrected chi connectivity index (χ1v) is 7.04. The maximum Gasteiger partial charge on any atom is 0.0170 e. The van der Waals surface area contributed by atoms with E-state index in [1.165, 1.54) is 32.2 Å². The third-order valence-corrected chi connectivity index (χ3v) is 4.39. The van der Waals surface area contributed by atoms with Crippen molar-refractivity contribution >= 4 is 0 Å². The van der Waals surface area contributed by atoms with E-state index in [0.717, 1.165) is 30.3 Å². The summed E-state index contributed by atoms with van der Waals surface area (Å²) in [7, 11) is 0. The molecule has 2 N–H and O–H groups in total. The molecule has 2 heteroatoms. The first kappa shape index (κ1) is 12.4. The zero-order valence-corrected chi connectivity index (χ0v) is 11.2. The topological polar surface area (TPSA) is 29.3 Å². The van der Waals surface area contributed by atoms with E-state index in [-0.39, 0.29) is 0 Å². The molecule has 2 fully saturated rings. The van der Waals surface area contributed by atoms with Crippen LogP contribution >= 0.6 is 0 Å². The molecule has 0 radical (unpaired) electrons. The molecule has 1 aliphatic carbocycles. The van der Waals surface area contributed by atoms with Gasteiger partial charge < -0.3 is 5.73 Å². The minimum absolute atomic E-state index is 0.413. The van der Waals surface area contributed by atoms with E-state index in [1.54, 1.807) is 0 Å². The maximum atomic E-state index is 6.15. The SMILES string of the molecule is CC1CC(C)CC(N2CC(C)CC(N)C2)C1. The summed E-state index contributed by atoms with van der Waals surface area (Å²) < 4.78 is 0. The highest BCUT2D eigenvalue weighted by Crippen LogP contribution is 2.33. The smallest absolute Gasteiger partial charge is 0.0170 e. The monoisotopic (exact) mass is 224 g/mol. The van der Waals surface area contributed by atoms with Gasteiger partial charge in [-0.2, -0.15) is 0 Å². The zero-order valence-electron chi connectivity index (χ0n) is 11.2. The average molecular weight is 224 g/mol. The summed E-state index contributed by atoms with van der Waals surface area (Å²) in [6.45, 7) is 9.58. The molecular formula is C14H28N2. The number of nitrogens with two attached hydrogens (primary N) is 1. The first-order chi connectivity index (χ1) is 7.54. The van der Waals surface area contributed by atoms with E-state index < -0.39 is 0 Å². The molecule has 0 aromatic carbocycles. The van der Waals surface area contributed by atoms with Gasteiger partial charge in [-0.15, -0.1) is 0 Å². The standard InChI is InChI=1S/C14H28N2/c1-10-4-11(2)7-14(6-10)16-8-12(3)5-13(15)9-16/h10-14H,4-9,15H2,1-3H3. The second-order valence-corrected chi connectivity index (χ2v) is 6.63. The van der Waals surface area contributed by atoms with Crippen LogP contribution < -0.4 is 5.73 Å². The maximum absolute atomic E-state index is 6.15. The van der Waals surface area contributed by atoms with Crippen LogP contribution in [-0.2, 0) is 0 Å². The predicted octanol–water partition coefficient (Wildman–Crippen LogP) is 2.48. The van der Waals surface area contributed by atoms with Crippen molar-refractivity contribution in [1.29, 1.82) is 0 Å². The molecule has 94 valence electrons. The van der Waals surface area contributed by atoms with Crippen molar-refractivity contribution in [3.8, 4) is 0 Å². The highest BCUT2D eigenvalue weighted by Gasteiger charge is 2.32. The summed E-state index contributed by atoms with van der Waals surface area (Å²) in [5, 5.41) is 0. The van der Waals surface area contributed by atoms with Crippen molar-refractivity contribution in [2.24, 2.45) is 23.5 Å². The minimum Gasteiger partial charge on any atom is -0.327 e. The van der Waals surface area contributed by atoms with E-state index in [4.69, 9.17) is 5.73 Å². The molecule has 4 unspecified atom stereocenters. The van der Waals surface area contributed by atoms with E-state index in [9.17, 15) is 0 Å². The molecule has 1 saturated heterocycles. The lowest BCUT2D eigenvalue weighted by Crippen LogP contribution is -2.52. The van der Waals surface area contributed by atoms with Gasteiger partial charge >= 0.3 is 0 Å². The third-order valence-electron chi connectivity index (χ3n) is 4.39. The lowest BCUT2D eigenvalue weighted by molar-refractivity contribution is 0.0644. The molecular weight excluding hydrogens is 196 g/mol. The second-order valence-electron chi connectivity index (χ2n) is 6.63. The summed E-state index contributed by atoms with van der Waals surface area (Å²) in [6, 6.07) is 1.23. The largest absolute Gasteiger partial charge is 0.327 e. The fraction of sp³-hybridized carbons (Fsp3) is 1.00. The van der Waals surface area contributed by atoms with Gasteiger partial charge in [0.1, 0.15) is 0 Å². The normalized spacial score (nSPS) is 46.9. The van der Waals surface area contributed by atoms with Gasteiger partial charge in [-0.05, 0) is 43.4 Å². The highest BCUT2D eigenvalue weighted by atomic mass is 15.2. The van der Waals surface area contributed by atoms with Crippen LogP contribution in [0.15, 0.2) is 0 Å². The van der Waals surface area contributed by atoms with Crippen molar-refractivity contribution in [2.75, 3.05) is 13.1 Å². The van der Waals surface area contributed by atoms with E-state index in [0.29, 0.717) is 6.04 Å². The van der Waals surface area contributed by atoms with Crippen molar-refractivity contribution < 1.29 is 0 Å². The lowest BCUT2D eigenvalue weighted by Gasteiger charge is -2.44. The summed E-state index contributed by atoms with van der Waals surface area (Å²) >= 11 is 0. The molecule has 2 rings (SSSR count). The molecule has 0 spiro atoms. The highest BCUT2D eigenvalue weighted by molar-refractivity contribution is 4.87. The number of hydrogen-bond acceptors (Lipinski definition) is 2. The summed E-state index contributed by atoms with van der Waals surface area (Å²) in [5.74, 6) is 2.60. The van der Waals surface area contributed by atoms with E-state index in [1.807, 2.05) is 0 Å². The van der Waals surface area contributed by atoms with Gasteiger partial charge in [0, 0.05) is 25.2 Å².